The minimum absolute atomic E-state index is 1.23. The molecule has 0 aliphatic carbocycles. The van der Waals surface area contributed by atoms with Crippen LogP contribution in [0.1, 0.15) is 16.7 Å². The molecule has 0 spiro atoms. The number of rotatable bonds is 2. The van der Waals surface area contributed by atoms with Crippen LogP contribution in [0.2, 0.25) is 0 Å². The molecule has 5 aromatic rings. The Balaban J connectivity index is 1.77. The number of benzene rings is 5. The fourth-order valence-corrected chi connectivity index (χ4v) is 3.91. The highest BCUT2D eigenvalue weighted by Crippen LogP contribution is 2.34. The van der Waals surface area contributed by atoms with Crippen LogP contribution in [0.15, 0.2) is 91.0 Å². The van der Waals surface area contributed by atoms with Gasteiger partial charge < -0.3 is 0 Å². The van der Waals surface area contributed by atoms with E-state index in [-0.39, 0.29) is 0 Å². The molecule has 0 nitrogen and oxygen atoms in total. The van der Waals surface area contributed by atoms with Crippen LogP contribution in [0.25, 0.3) is 44.5 Å². The van der Waals surface area contributed by atoms with Gasteiger partial charge in [-0.15, -0.1) is 0 Å². The summed E-state index contributed by atoms with van der Waals surface area (Å²) in [5, 5.41) is 7.85. The average molecular weight is 344 g/mol. The maximum absolute atomic E-state index is 2.31. The van der Waals surface area contributed by atoms with Gasteiger partial charge in [-0.25, -0.2) is 0 Å². The molecule has 0 amide bonds. The summed E-state index contributed by atoms with van der Waals surface area (Å²) in [6.45, 7) is 2.12. The lowest BCUT2D eigenvalue weighted by Crippen LogP contribution is -1.85. The van der Waals surface area contributed by atoms with Gasteiger partial charge in [0.2, 0.25) is 0 Å². The molecule has 0 fully saturated rings. The van der Waals surface area contributed by atoms with E-state index < -0.39 is 0 Å². The van der Waals surface area contributed by atoms with Gasteiger partial charge >= 0.3 is 0 Å². The largest absolute Gasteiger partial charge is 0.0616 e. The van der Waals surface area contributed by atoms with Crippen LogP contribution in [-0.2, 0) is 0 Å². The number of hydrogen-bond acceptors (Lipinski definition) is 0. The van der Waals surface area contributed by atoms with Crippen LogP contribution < -0.4 is 0 Å². The van der Waals surface area contributed by atoms with E-state index in [9.17, 15) is 0 Å². The zero-order valence-corrected chi connectivity index (χ0v) is 15.3. The van der Waals surface area contributed by atoms with E-state index in [4.69, 9.17) is 0 Å². The summed E-state index contributed by atoms with van der Waals surface area (Å²) in [4.78, 5) is 0. The van der Waals surface area contributed by atoms with Crippen LogP contribution in [0.4, 0.5) is 0 Å². The molecular weight excluding hydrogens is 324 g/mol. The van der Waals surface area contributed by atoms with Gasteiger partial charge in [0.1, 0.15) is 0 Å². The van der Waals surface area contributed by atoms with Crippen molar-refractivity contribution in [2.45, 2.75) is 6.92 Å². The molecule has 0 bridgehead atoms. The Morgan fingerprint density at radius 1 is 0.556 bits per heavy atom. The first-order valence-electron chi connectivity index (χ1n) is 9.37. The lowest BCUT2D eigenvalue weighted by atomic mass is 9.93. The topological polar surface area (TPSA) is 0 Å². The monoisotopic (exact) mass is 344 g/mol. The van der Waals surface area contributed by atoms with Crippen LogP contribution >= 0.6 is 0 Å². The predicted molar refractivity (Wildman–Crippen MR) is 119 cm³/mol. The second-order valence-electron chi connectivity index (χ2n) is 7.14. The maximum atomic E-state index is 2.31. The first-order valence-corrected chi connectivity index (χ1v) is 9.37. The molecule has 5 rings (SSSR count). The average Bonchev–Trinajstić information content (AvgIpc) is 2.73. The third-order valence-electron chi connectivity index (χ3n) is 5.31. The Hall–Kier alpha value is -3.38. The molecule has 0 aliphatic heterocycles. The first kappa shape index (κ1) is 15.8. The molecule has 0 aliphatic rings. The van der Waals surface area contributed by atoms with Crippen LogP contribution in [-0.4, -0.2) is 0 Å². The highest BCUT2D eigenvalue weighted by molar-refractivity contribution is 6.21. The van der Waals surface area contributed by atoms with Crippen LogP contribution in [0.3, 0.4) is 0 Å². The molecule has 128 valence electrons. The standard InChI is InChI=1S/C27H20/c1-19-10-12-20(13-11-19)14-15-22-18-23-17-16-21-6-2-3-8-25(21)27(23)26-9-5-4-7-24(22)26/h2-18H,1H3/b15-14+. The zero-order chi connectivity index (χ0) is 18.2. The van der Waals surface area contributed by atoms with Crippen molar-refractivity contribution in [1.82, 2.24) is 0 Å². The van der Waals surface area contributed by atoms with Crippen molar-refractivity contribution in [2.24, 2.45) is 0 Å². The summed E-state index contributed by atoms with van der Waals surface area (Å²) >= 11 is 0. The molecule has 0 atom stereocenters. The summed E-state index contributed by atoms with van der Waals surface area (Å²) < 4.78 is 0. The molecule has 27 heavy (non-hydrogen) atoms. The quantitative estimate of drug-likeness (QED) is 0.228. The fourth-order valence-electron chi connectivity index (χ4n) is 3.91. The lowest BCUT2D eigenvalue weighted by Gasteiger charge is -2.11. The van der Waals surface area contributed by atoms with Gasteiger partial charge in [-0.2, -0.15) is 0 Å². The van der Waals surface area contributed by atoms with Crippen molar-refractivity contribution in [3.05, 3.63) is 108 Å². The lowest BCUT2D eigenvalue weighted by molar-refractivity contribution is 1.46. The third-order valence-corrected chi connectivity index (χ3v) is 5.31. The van der Waals surface area contributed by atoms with E-state index >= 15 is 0 Å². The Morgan fingerprint density at radius 3 is 2.04 bits per heavy atom. The summed E-state index contributed by atoms with van der Waals surface area (Å²) in [7, 11) is 0. The van der Waals surface area contributed by atoms with Gasteiger partial charge in [0.05, 0.1) is 0 Å². The van der Waals surface area contributed by atoms with E-state index in [0.29, 0.717) is 0 Å². The van der Waals surface area contributed by atoms with Crippen molar-refractivity contribution in [2.75, 3.05) is 0 Å². The van der Waals surface area contributed by atoms with Gasteiger partial charge in [-0.05, 0) is 56.4 Å². The molecule has 0 heteroatoms. The van der Waals surface area contributed by atoms with E-state index in [1.54, 1.807) is 0 Å². The van der Waals surface area contributed by atoms with E-state index in [2.05, 4.69) is 110 Å². The van der Waals surface area contributed by atoms with E-state index in [0.717, 1.165) is 0 Å². The summed E-state index contributed by atoms with van der Waals surface area (Å²) in [5.74, 6) is 0. The van der Waals surface area contributed by atoms with Gasteiger partial charge in [0.25, 0.3) is 0 Å². The molecular formula is C27H20. The predicted octanol–water partition coefficient (Wildman–Crippen LogP) is 7.63. The molecule has 0 unspecified atom stereocenters. The zero-order valence-electron chi connectivity index (χ0n) is 15.3. The normalized spacial score (nSPS) is 11.7. The van der Waals surface area contributed by atoms with Crippen molar-refractivity contribution >= 4 is 44.5 Å². The minimum Gasteiger partial charge on any atom is -0.0616 e. The fraction of sp³-hybridized carbons (Fsp3) is 0.0370. The highest BCUT2D eigenvalue weighted by Gasteiger charge is 2.08. The van der Waals surface area contributed by atoms with Crippen molar-refractivity contribution in [3.63, 3.8) is 0 Å². The summed E-state index contributed by atoms with van der Waals surface area (Å²) in [6.07, 6.45) is 4.44. The first-order chi connectivity index (χ1) is 13.3. The Labute approximate surface area is 159 Å². The number of fused-ring (bicyclic) bond motifs is 5. The van der Waals surface area contributed by atoms with Gasteiger partial charge in [-0.3, -0.25) is 0 Å². The Morgan fingerprint density at radius 2 is 1.22 bits per heavy atom. The van der Waals surface area contributed by atoms with E-state index in [1.807, 2.05) is 0 Å². The summed E-state index contributed by atoms with van der Waals surface area (Å²) in [5.41, 5.74) is 3.77. The van der Waals surface area contributed by atoms with Gasteiger partial charge in [0, 0.05) is 0 Å². The van der Waals surface area contributed by atoms with E-state index in [1.165, 1.54) is 49.0 Å². The smallest absolute Gasteiger partial charge is 0.00264 e. The molecule has 0 radical (unpaired) electrons. The second kappa shape index (κ2) is 6.41. The van der Waals surface area contributed by atoms with Crippen molar-refractivity contribution < 1.29 is 0 Å². The third kappa shape index (κ3) is 2.80. The molecule has 0 heterocycles. The Kier molecular flexibility index (Phi) is 3.76. The van der Waals surface area contributed by atoms with Crippen molar-refractivity contribution in [3.8, 4) is 0 Å². The maximum Gasteiger partial charge on any atom is -0.00264 e. The van der Waals surface area contributed by atoms with Gasteiger partial charge in [-0.1, -0.05) is 103 Å². The van der Waals surface area contributed by atoms with Crippen LogP contribution in [0, 0.1) is 6.92 Å². The van der Waals surface area contributed by atoms with Crippen LogP contribution in [0.5, 0.6) is 0 Å². The molecule has 0 aromatic heterocycles. The molecule has 0 N–H and O–H groups in total. The highest BCUT2D eigenvalue weighted by atomic mass is 14.1. The second-order valence-corrected chi connectivity index (χ2v) is 7.14. The number of hydrogen-bond donors (Lipinski definition) is 0. The SMILES string of the molecule is Cc1ccc(/C=C/c2cc3ccc4ccccc4c3c3ccccc23)cc1. The Bertz CT molecular complexity index is 1310. The van der Waals surface area contributed by atoms with Gasteiger partial charge in [0.15, 0.2) is 0 Å². The number of aryl methyl sites for hydroxylation is 1. The minimum atomic E-state index is 1.23. The molecule has 0 saturated carbocycles. The summed E-state index contributed by atoms with van der Waals surface area (Å²) in [6, 6.07) is 32.8. The molecule has 0 saturated heterocycles. The molecule has 5 aromatic carbocycles. The van der Waals surface area contributed by atoms with Crippen molar-refractivity contribution in [1.29, 1.82) is 0 Å².